The van der Waals surface area contributed by atoms with Gasteiger partial charge in [0.1, 0.15) is 5.75 Å². The van der Waals surface area contributed by atoms with Gasteiger partial charge in [0.2, 0.25) is 5.91 Å². The Labute approximate surface area is 199 Å². The minimum atomic E-state index is -0.388. The summed E-state index contributed by atoms with van der Waals surface area (Å²) in [6.45, 7) is 8.13. The third-order valence-corrected chi connectivity index (χ3v) is 6.13. The van der Waals surface area contributed by atoms with Gasteiger partial charge in [-0.1, -0.05) is 57.5 Å². The first-order valence-corrected chi connectivity index (χ1v) is 11.7. The smallest absolute Gasteiger partial charge is 0.234 e. The maximum absolute atomic E-state index is 12.5. The number of rotatable bonds is 9. The van der Waals surface area contributed by atoms with Gasteiger partial charge in [-0.05, 0) is 49.7 Å². The summed E-state index contributed by atoms with van der Waals surface area (Å²) in [5.41, 5.74) is 1.76. The Morgan fingerprint density at radius 1 is 1.35 bits per heavy atom. The molecule has 3 rings (SSSR count). The molecule has 0 radical (unpaired) electrons. The molecule has 1 heterocycles. The summed E-state index contributed by atoms with van der Waals surface area (Å²) in [5.74, 6) is 1.28. The second-order valence-electron chi connectivity index (χ2n) is 6.73. The van der Waals surface area contributed by atoms with Crippen LogP contribution < -0.4 is 10.1 Å². The van der Waals surface area contributed by atoms with E-state index in [4.69, 9.17) is 16.3 Å². The van der Waals surface area contributed by atoms with Gasteiger partial charge in [-0.2, -0.15) is 0 Å². The van der Waals surface area contributed by atoms with Crippen LogP contribution in [0.1, 0.15) is 24.4 Å². The molecule has 6 nitrogen and oxygen atoms in total. The predicted octanol–water partition coefficient (Wildman–Crippen LogP) is 6.06. The summed E-state index contributed by atoms with van der Waals surface area (Å²) >= 11 is 10.9. The van der Waals surface area contributed by atoms with E-state index in [1.54, 1.807) is 18.2 Å². The molecule has 162 valence electrons. The zero-order valence-electron chi connectivity index (χ0n) is 17.1. The van der Waals surface area contributed by atoms with Crippen LogP contribution in [0.25, 0.3) is 0 Å². The van der Waals surface area contributed by atoms with Crippen LogP contribution in [0.15, 0.2) is 64.7 Å². The van der Waals surface area contributed by atoms with Crippen molar-refractivity contribution in [2.24, 2.45) is 0 Å². The summed E-state index contributed by atoms with van der Waals surface area (Å²) in [5, 5.41) is 12.6. The van der Waals surface area contributed by atoms with E-state index in [1.165, 1.54) is 11.8 Å². The third kappa shape index (κ3) is 6.12. The zero-order chi connectivity index (χ0) is 22.4. The summed E-state index contributed by atoms with van der Waals surface area (Å²) in [6, 6.07) is 13.0. The number of hydrogen-bond donors (Lipinski definition) is 1. The molecule has 2 aromatic carbocycles. The van der Waals surface area contributed by atoms with Gasteiger partial charge < -0.3 is 10.1 Å². The van der Waals surface area contributed by atoms with Gasteiger partial charge in [-0.15, -0.1) is 16.8 Å². The number of halogens is 2. The molecule has 31 heavy (non-hydrogen) atoms. The lowest BCUT2D eigenvalue weighted by Crippen LogP contribution is -2.16. The van der Waals surface area contributed by atoms with Gasteiger partial charge in [0.05, 0.1) is 10.8 Å². The molecule has 0 aliphatic carbocycles. The van der Waals surface area contributed by atoms with Gasteiger partial charge >= 0.3 is 0 Å². The lowest BCUT2D eigenvalue weighted by atomic mass is 10.2. The van der Waals surface area contributed by atoms with Crippen molar-refractivity contribution in [1.82, 2.24) is 14.8 Å². The molecule has 1 atom stereocenters. The molecule has 0 spiro atoms. The van der Waals surface area contributed by atoms with E-state index in [1.807, 2.05) is 48.7 Å². The van der Waals surface area contributed by atoms with Crippen molar-refractivity contribution in [2.75, 3.05) is 11.1 Å². The van der Waals surface area contributed by atoms with Crippen LogP contribution >= 0.6 is 39.3 Å². The molecular formula is C22H22BrClN4O2S. The lowest BCUT2D eigenvalue weighted by molar-refractivity contribution is -0.113. The summed E-state index contributed by atoms with van der Waals surface area (Å²) in [6.07, 6.45) is 1.37. The number of hydrogen-bond acceptors (Lipinski definition) is 5. The average molecular weight is 522 g/mol. The van der Waals surface area contributed by atoms with E-state index in [2.05, 4.69) is 38.0 Å². The molecule has 0 saturated heterocycles. The molecule has 3 aromatic rings. The van der Waals surface area contributed by atoms with Crippen LogP contribution in [0.4, 0.5) is 5.69 Å². The number of amides is 1. The number of anilines is 1. The molecule has 0 aliphatic heterocycles. The Bertz CT molecular complexity index is 1090. The molecular weight excluding hydrogens is 500 g/mol. The van der Waals surface area contributed by atoms with E-state index in [-0.39, 0.29) is 17.8 Å². The molecule has 1 N–H and O–H groups in total. The van der Waals surface area contributed by atoms with Crippen molar-refractivity contribution in [3.63, 3.8) is 0 Å². The van der Waals surface area contributed by atoms with Gasteiger partial charge in [0.15, 0.2) is 17.1 Å². The Morgan fingerprint density at radius 2 is 2.13 bits per heavy atom. The lowest BCUT2D eigenvalue weighted by Gasteiger charge is -2.16. The molecule has 0 fully saturated rings. The quantitative estimate of drug-likeness (QED) is 0.274. The predicted molar refractivity (Wildman–Crippen MR) is 129 cm³/mol. The van der Waals surface area contributed by atoms with Crippen LogP contribution in [-0.4, -0.2) is 26.4 Å². The average Bonchev–Trinajstić information content (AvgIpc) is 3.13. The Balaban J connectivity index is 1.69. The highest BCUT2D eigenvalue weighted by molar-refractivity contribution is 9.10. The summed E-state index contributed by atoms with van der Waals surface area (Å²) < 4.78 is 8.83. The highest BCUT2D eigenvalue weighted by Crippen LogP contribution is 2.29. The van der Waals surface area contributed by atoms with E-state index in [0.717, 1.165) is 15.7 Å². The number of carbonyl (C=O) groups is 1. The summed E-state index contributed by atoms with van der Waals surface area (Å²) in [4.78, 5) is 12.5. The maximum atomic E-state index is 12.5. The number of aromatic nitrogens is 3. The van der Waals surface area contributed by atoms with Gasteiger partial charge in [0, 0.05) is 16.7 Å². The Hall–Kier alpha value is -2.29. The van der Waals surface area contributed by atoms with Gasteiger partial charge in [0.25, 0.3) is 0 Å². The number of para-hydroxylation sites is 1. The Kier molecular flexibility index (Phi) is 8.17. The summed E-state index contributed by atoms with van der Waals surface area (Å²) in [7, 11) is 0. The number of aryl methyl sites for hydroxylation is 1. The van der Waals surface area contributed by atoms with Crippen LogP contribution in [0, 0.1) is 6.92 Å². The standard InChI is InChI=1S/C22H22BrClN4O2S/c1-4-11-28-21(15(3)30-19-8-6-5-7-17(19)24)26-27-22(28)31-13-20(29)25-18-10-9-16(23)12-14(18)2/h4-10,12,15H,1,11,13H2,2-3H3,(H,25,29). The Morgan fingerprint density at radius 3 is 2.84 bits per heavy atom. The van der Waals surface area contributed by atoms with E-state index < -0.39 is 0 Å². The molecule has 1 amide bonds. The fraction of sp³-hybridized carbons (Fsp3) is 0.227. The fourth-order valence-corrected chi connectivity index (χ4v) is 4.29. The maximum Gasteiger partial charge on any atom is 0.234 e. The number of nitrogens with zero attached hydrogens (tertiary/aromatic N) is 3. The second kappa shape index (κ2) is 10.8. The topological polar surface area (TPSA) is 69.0 Å². The number of carbonyl (C=O) groups excluding carboxylic acids is 1. The minimum Gasteiger partial charge on any atom is -0.481 e. The molecule has 0 aliphatic rings. The molecule has 9 heteroatoms. The van der Waals surface area contributed by atoms with Crippen molar-refractivity contribution >= 4 is 50.9 Å². The highest BCUT2D eigenvalue weighted by Gasteiger charge is 2.20. The molecule has 0 bridgehead atoms. The zero-order valence-corrected chi connectivity index (χ0v) is 20.3. The van der Waals surface area contributed by atoms with Crippen molar-refractivity contribution in [1.29, 1.82) is 0 Å². The van der Waals surface area contributed by atoms with Gasteiger partial charge in [-0.25, -0.2) is 0 Å². The van der Waals surface area contributed by atoms with Crippen molar-refractivity contribution in [3.05, 3.63) is 76.0 Å². The molecule has 1 aromatic heterocycles. The second-order valence-corrected chi connectivity index (χ2v) is 8.99. The first kappa shape index (κ1) is 23.4. The monoisotopic (exact) mass is 520 g/mol. The van der Waals surface area contributed by atoms with Crippen molar-refractivity contribution < 1.29 is 9.53 Å². The van der Waals surface area contributed by atoms with Crippen LogP contribution in [0.5, 0.6) is 5.75 Å². The van der Waals surface area contributed by atoms with Crippen molar-refractivity contribution in [2.45, 2.75) is 31.7 Å². The fourth-order valence-electron chi connectivity index (χ4n) is 2.88. The van der Waals surface area contributed by atoms with Crippen LogP contribution in [0.2, 0.25) is 5.02 Å². The SMILES string of the molecule is C=CCn1c(SCC(=O)Nc2ccc(Br)cc2C)nnc1C(C)Oc1ccccc1Cl. The van der Waals surface area contributed by atoms with Crippen molar-refractivity contribution in [3.8, 4) is 5.75 Å². The van der Waals surface area contributed by atoms with E-state index in [0.29, 0.717) is 28.3 Å². The minimum absolute atomic E-state index is 0.120. The molecule has 0 saturated carbocycles. The largest absolute Gasteiger partial charge is 0.481 e. The molecule has 1 unspecified atom stereocenters. The third-order valence-electron chi connectivity index (χ3n) is 4.36. The number of benzene rings is 2. The number of thioether (sulfide) groups is 1. The first-order valence-electron chi connectivity index (χ1n) is 9.53. The number of nitrogens with one attached hydrogen (secondary N) is 1. The number of ether oxygens (including phenoxy) is 1. The highest BCUT2D eigenvalue weighted by atomic mass is 79.9. The first-order chi connectivity index (χ1) is 14.9. The number of allylic oxidation sites excluding steroid dienone is 1. The van der Waals surface area contributed by atoms with Crippen LogP contribution in [0.3, 0.4) is 0 Å². The normalized spacial score (nSPS) is 11.7. The van der Waals surface area contributed by atoms with Gasteiger partial charge in [-0.3, -0.25) is 9.36 Å². The van der Waals surface area contributed by atoms with E-state index >= 15 is 0 Å². The van der Waals surface area contributed by atoms with E-state index in [9.17, 15) is 4.79 Å². The van der Waals surface area contributed by atoms with Crippen LogP contribution in [-0.2, 0) is 11.3 Å².